The highest BCUT2D eigenvalue weighted by Crippen LogP contribution is 2.35. The molecular formula is C25H30N6O3. The number of nitrogen functional groups attached to an aromatic ring is 1. The maximum Gasteiger partial charge on any atom is 0.306 e. The van der Waals surface area contributed by atoms with E-state index in [0.717, 1.165) is 63.0 Å². The molecule has 0 atom stereocenters. The molecule has 1 aliphatic carbocycles. The van der Waals surface area contributed by atoms with E-state index in [-0.39, 0.29) is 11.7 Å². The summed E-state index contributed by atoms with van der Waals surface area (Å²) in [6, 6.07) is 8.86. The van der Waals surface area contributed by atoms with Crippen molar-refractivity contribution < 1.29 is 15.0 Å². The predicted molar refractivity (Wildman–Crippen MR) is 128 cm³/mol. The molecule has 0 radical (unpaired) electrons. The number of likely N-dealkylation sites (tertiary alicyclic amines) is 1. The molecule has 178 valence electrons. The maximum atomic E-state index is 11.0. The Morgan fingerprint density at radius 3 is 2.56 bits per heavy atom. The molecule has 0 unspecified atom stereocenters. The molecule has 3 heterocycles. The zero-order valence-corrected chi connectivity index (χ0v) is 19.0. The normalized spacial score (nSPS) is 21.3. The van der Waals surface area contributed by atoms with Crippen molar-refractivity contribution in [1.82, 2.24) is 24.9 Å². The van der Waals surface area contributed by atoms with Gasteiger partial charge in [0.25, 0.3) is 0 Å². The van der Waals surface area contributed by atoms with E-state index in [2.05, 4.69) is 20.2 Å². The maximum absolute atomic E-state index is 11.0. The van der Waals surface area contributed by atoms with Crippen molar-refractivity contribution in [3.63, 3.8) is 0 Å². The molecular weight excluding hydrogens is 432 g/mol. The lowest BCUT2D eigenvalue weighted by molar-refractivity contribution is -0.146. The summed E-state index contributed by atoms with van der Waals surface area (Å²) < 4.78 is 1.97. The third-order valence-electron chi connectivity index (χ3n) is 7.20. The van der Waals surface area contributed by atoms with Crippen molar-refractivity contribution in [1.29, 1.82) is 0 Å². The first-order chi connectivity index (χ1) is 16.5. The molecule has 2 aliphatic rings. The van der Waals surface area contributed by atoms with Crippen LogP contribution in [0.15, 0.2) is 42.7 Å². The minimum absolute atomic E-state index is 0.129. The second kappa shape index (κ2) is 9.42. The largest absolute Gasteiger partial charge is 0.507 e. The van der Waals surface area contributed by atoms with Crippen molar-refractivity contribution in [2.75, 3.05) is 25.4 Å². The molecule has 1 saturated carbocycles. The van der Waals surface area contributed by atoms with Crippen molar-refractivity contribution in [2.24, 2.45) is 17.8 Å². The standard InChI is InChI=1S/C25H30N6O3/c26-24-21(11-22(28-29-24)20-3-1-2-4-23(20)32)19-12-27-31(15-19)14-16-5-7-30(8-6-16)13-17-9-18(10-17)25(33)34/h1-4,11-12,15-18,32H,5-10,13-14H2,(H2,26,29)(H,33,34)/t17-,18+. The van der Waals surface area contributed by atoms with Crippen molar-refractivity contribution >= 4 is 11.8 Å². The first kappa shape index (κ1) is 22.3. The highest BCUT2D eigenvalue weighted by atomic mass is 16.4. The predicted octanol–water partition coefficient (Wildman–Crippen LogP) is 3.12. The summed E-state index contributed by atoms with van der Waals surface area (Å²) in [4.78, 5) is 13.5. The molecule has 4 N–H and O–H groups in total. The van der Waals surface area contributed by atoms with E-state index in [1.807, 2.05) is 23.0 Å². The van der Waals surface area contributed by atoms with E-state index in [0.29, 0.717) is 28.9 Å². The second-order valence-corrected chi connectivity index (χ2v) is 9.61. The highest BCUT2D eigenvalue weighted by molar-refractivity contribution is 5.78. The number of nitrogens with zero attached hydrogens (tertiary/aromatic N) is 5. The van der Waals surface area contributed by atoms with Crippen LogP contribution < -0.4 is 5.73 Å². The molecule has 1 saturated heterocycles. The lowest BCUT2D eigenvalue weighted by Gasteiger charge is -2.39. The van der Waals surface area contributed by atoms with Crippen molar-refractivity contribution in [2.45, 2.75) is 32.2 Å². The molecule has 34 heavy (non-hydrogen) atoms. The molecule has 1 aromatic carbocycles. The number of aliphatic carboxylic acids is 1. The lowest BCUT2D eigenvalue weighted by Crippen LogP contribution is -2.42. The number of carboxylic acid groups (broad SMARTS) is 1. The van der Waals surface area contributed by atoms with Gasteiger partial charge in [-0.3, -0.25) is 9.48 Å². The SMILES string of the molecule is Nc1nnc(-c2ccccc2O)cc1-c1cnn(CC2CCN(C[C@H]3C[C@@H](C(=O)O)C3)CC2)c1. The van der Waals surface area contributed by atoms with Gasteiger partial charge in [-0.15, -0.1) is 10.2 Å². The Bertz CT molecular complexity index is 1160. The molecule has 0 spiro atoms. The van der Waals surface area contributed by atoms with Crippen LogP contribution in [0.3, 0.4) is 0 Å². The third-order valence-corrected chi connectivity index (χ3v) is 7.20. The summed E-state index contributed by atoms with van der Waals surface area (Å²) in [6.07, 6.45) is 7.66. The van der Waals surface area contributed by atoms with Crippen LogP contribution in [0.4, 0.5) is 5.82 Å². The number of hydrogen-bond acceptors (Lipinski definition) is 7. The number of nitrogens with two attached hydrogens (primary N) is 1. The monoisotopic (exact) mass is 462 g/mol. The first-order valence-electron chi connectivity index (χ1n) is 11.9. The number of hydrogen-bond donors (Lipinski definition) is 3. The van der Waals surface area contributed by atoms with Gasteiger partial charge in [0.2, 0.25) is 0 Å². The Balaban J connectivity index is 1.18. The minimum atomic E-state index is -0.646. The Labute approximate surface area is 198 Å². The van der Waals surface area contributed by atoms with Gasteiger partial charge in [0, 0.05) is 36.0 Å². The zero-order valence-electron chi connectivity index (χ0n) is 19.0. The number of phenolic OH excluding ortho intramolecular Hbond substituents is 1. The quantitative estimate of drug-likeness (QED) is 0.488. The molecule has 2 aromatic heterocycles. The highest BCUT2D eigenvalue weighted by Gasteiger charge is 2.35. The lowest BCUT2D eigenvalue weighted by atomic mass is 9.74. The number of aromatic hydroxyl groups is 1. The summed E-state index contributed by atoms with van der Waals surface area (Å²) in [5.74, 6) is 0.792. The summed E-state index contributed by atoms with van der Waals surface area (Å²) >= 11 is 0. The van der Waals surface area contributed by atoms with E-state index in [1.54, 1.807) is 24.4 Å². The van der Waals surface area contributed by atoms with Crippen LogP contribution in [-0.4, -0.2) is 60.7 Å². The van der Waals surface area contributed by atoms with Gasteiger partial charge in [-0.25, -0.2) is 0 Å². The van der Waals surface area contributed by atoms with Crippen molar-refractivity contribution in [3.8, 4) is 28.1 Å². The number of phenols is 1. The van der Waals surface area contributed by atoms with Crippen LogP contribution in [0.5, 0.6) is 5.75 Å². The Morgan fingerprint density at radius 1 is 1.06 bits per heavy atom. The average Bonchev–Trinajstić information content (AvgIpc) is 3.26. The van der Waals surface area contributed by atoms with Gasteiger partial charge in [-0.1, -0.05) is 12.1 Å². The van der Waals surface area contributed by atoms with Crippen LogP contribution in [0.2, 0.25) is 0 Å². The molecule has 9 heteroatoms. The van der Waals surface area contributed by atoms with E-state index in [9.17, 15) is 9.90 Å². The van der Waals surface area contributed by atoms with E-state index < -0.39 is 5.97 Å². The molecule has 1 aliphatic heterocycles. The molecule has 3 aromatic rings. The smallest absolute Gasteiger partial charge is 0.306 e. The summed E-state index contributed by atoms with van der Waals surface area (Å²) in [5.41, 5.74) is 8.90. The Morgan fingerprint density at radius 2 is 1.82 bits per heavy atom. The topological polar surface area (TPSA) is 130 Å². The third kappa shape index (κ3) is 4.75. The fourth-order valence-electron chi connectivity index (χ4n) is 5.12. The summed E-state index contributed by atoms with van der Waals surface area (Å²) in [7, 11) is 0. The van der Waals surface area contributed by atoms with E-state index in [4.69, 9.17) is 10.8 Å². The number of piperidine rings is 1. The summed E-state index contributed by atoms with van der Waals surface area (Å²) in [5, 5.41) is 32.0. The van der Waals surface area contributed by atoms with Crippen LogP contribution in [0, 0.1) is 17.8 Å². The van der Waals surface area contributed by atoms with E-state index >= 15 is 0 Å². The zero-order chi connectivity index (χ0) is 23.7. The van der Waals surface area contributed by atoms with Gasteiger partial charge in [0.15, 0.2) is 5.82 Å². The van der Waals surface area contributed by atoms with Crippen LogP contribution in [0.1, 0.15) is 25.7 Å². The first-order valence-corrected chi connectivity index (χ1v) is 11.9. The molecule has 5 rings (SSSR count). The number of aromatic nitrogens is 4. The van der Waals surface area contributed by atoms with E-state index in [1.165, 1.54) is 0 Å². The number of benzene rings is 1. The number of para-hydroxylation sites is 1. The molecule has 2 fully saturated rings. The van der Waals surface area contributed by atoms with Gasteiger partial charge < -0.3 is 20.8 Å². The Hall–Kier alpha value is -3.46. The van der Waals surface area contributed by atoms with Gasteiger partial charge in [-0.2, -0.15) is 5.10 Å². The number of rotatable bonds is 7. The second-order valence-electron chi connectivity index (χ2n) is 9.61. The minimum Gasteiger partial charge on any atom is -0.507 e. The van der Waals surface area contributed by atoms with Gasteiger partial charge in [0.05, 0.1) is 17.8 Å². The fourth-order valence-corrected chi connectivity index (χ4v) is 5.12. The molecule has 0 bridgehead atoms. The van der Waals surface area contributed by atoms with Crippen LogP contribution in [-0.2, 0) is 11.3 Å². The molecule has 0 amide bonds. The number of anilines is 1. The van der Waals surface area contributed by atoms with Crippen LogP contribution >= 0.6 is 0 Å². The van der Waals surface area contributed by atoms with Gasteiger partial charge in [-0.05, 0) is 68.8 Å². The van der Waals surface area contributed by atoms with Crippen LogP contribution in [0.25, 0.3) is 22.4 Å². The average molecular weight is 463 g/mol. The van der Waals surface area contributed by atoms with Gasteiger partial charge in [0.1, 0.15) is 5.75 Å². The number of carbonyl (C=O) groups is 1. The fraction of sp³-hybridized carbons (Fsp3) is 0.440. The van der Waals surface area contributed by atoms with Crippen molar-refractivity contribution in [3.05, 3.63) is 42.7 Å². The summed E-state index contributed by atoms with van der Waals surface area (Å²) in [6.45, 7) is 3.98. The van der Waals surface area contributed by atoms with Gasteiger partial charge >= 0.3 is 5.97 Å². The Kier molecular flexibility index (Phi) is 6.19. The molecule has 9 nitrogen and oxygen atoms in total. The number of carboxylic acids is 1.